The van der Waals surface area contributed by atoms with Crippen molar-refractivity contribution in [1.82, 2.24) is 0 Å². The zero-order chi connectivity index (χ0) is 11.3. The predicted molar refractivity (Wildman–Crippen MR) is 54.0 cm³/mol. The minimum Gasteiger partial charge on any atom is -0.390 e. The maximum absolute atomic E-state index is 12.0. The van der Waals surface area contributed by atoms with Crippen molar-refractivity contribution >= 4 is 0 Å². The molecule has 1 aliphatic rings. The molecule has 15 heavy (non-hydrogen) atoms. The van der Waals surface area contributed by atoms with Crippen LogP contribution in [0.25, 0.3) is 0 Å². The smallest absolute Gasteiger partial charge is 0.261 e. The van der Waals surface area contributed by atoms with Gasteiger partial charge >= 0.3 is 0 Å². The third-order valence-corrected chi connectivity index (χ3v) is 3.00. The van der Waals surface area contributed by atoms with Gasteiger partial charge in [0.2, 0.25) is 0 Å². The Morgan fingerprint density at radius 3 is 2.73 bits per heavy atom. The quantitative estimate of drug-likeness (QED) is 0.774. The maximum Gasteiger partial charge on any atom is 0.261 e. The first-order chi connectivity index (χ1) is 7.13. The van der Waals surface area contributed by atoms with Crippen LogP contribution in [0, 0.1) is 5.92 Å². The summed E-state index contributed by atoms with van der Waals surface area (Å²) in [7, 11) is 0. The zero-order valence-corrected chi connectivity index (χ0v) is 9.16. The van der Waals surface area contributed by atoms with Crippen molar-refractivity contribution in [3.8, 4) is 0 Å². The van der Waals surface area contributed by atoms with E-state index in [0.29, 0.717) is 12.3 Å². The second kappa shape index (κ2) is 6.38. The summed E-state index contributed by atoms with van der Waals surface area (Å²) in [5.74, 6) is 0.529. The van der Waals surface area contributed by atoms with Crippen LogP contribution in [0.15, 0.2) is 0 Å². The molecule has 90 valence electrons. The summed E-state index contributed by atoms with van der Waals surface area (Å²) in [4.78, 5) is 0. The predicted octanol–water partition coefficient (Wildman–Crippen LogP) is 2.60. The molecule has 2 nitrogen and oxygen atoms in total. The van der Waals surface area contributed by atoms with Crippen LogP contribution < -0.4 is 0 Å². The minimum atomic E-state index is -2.44. The Hall–Kier alpha value is -0.220. The number of rotatable bonds is 5. The second-order valence-electron chi connectivity index (χ2n) is 4.30. The molecule has 1 N–H and O–H groups in total. The van der Waals surface area contributed by atoms with Crippen molar-refractivity contribution in [3.05, 3.63) is 0 Å². The van der Waals surface area contributed by atoms with Gasteiger partial charge in [-0.2, -0.15) is 0 Å². The largest absolute Gasteiger partial charge is 0.390 e. The number of hydrogen-bond acceptors (Lipinski definition) is 2. The van der Waals surface area contributed by atoms with Gasteiger partial charge in [0.15, 0.2) is 0 Å². The molecule has 0 saturated heterocycles. The summed E-state index contributed by atoms with van der Waals surface area (Å²) in [6.45, 7) is 1.56. The van der Waals surface area contributed by atoms with E-state index in [1.165, 1.54) is 0 Å². The van der Waals surface area contributed by atoms with Crippen molar-refractivity contribution in [1.29, 1.82) is 0 Å². The second-order valence-corrected chi connectivity index (χ2v) is 4.30. The molecular formula is C11H20F2O2. The summed E-state index contributed by atoms with van der Waals surface area (Å²) < 4.78 is 28.9. The van der Waals surface area contributed by atoms with Crippen LogP contribution in [0.3, 0.4) is 0 Å². The van der Waals surface area contributed by atoms with E-state index in [-0.39, 0.29) is 6.10 Å². The highest BCUT2D eigenvalue weighted by molar-refractivity contribution is 4.80. The molecule has 3 unspecified atom stereocenters. The van der Waals surface area contributed by atoms with E-state index >= 15 is 0 Å². The molecule has 0 radical (unpaired) electrons. The van der Waals surface area contributed by atoms with Crippen LogP contribution in [0.1, 0.15) is 39.0 Å². The summed E-state index contributed by atoms with van der Waals surface area (Å²) >= 11 is 0. The van der Waals surface area contributed by atoms with Crippen molar-refractivity contribution in [2.75, 3.05) is 6.61 Å². The highest BCUT2D eigenvalue weighted by atomic mass is 19.3. The average molecular weight is 222 g/mol. The highest BCUT2D eigenvalue weighted by Gasteiger charge is 2.29. The molecular weight excluding hydrogens is 202 g/mol. The topological polar surface area (TPSA) is 29.5 Å². The van der Waals surface area contributed by atoms with Gasteiger partial charge in [0.1, 0.15) is 6.61 Å². The number of ether oxygens (including phenoxy) is 1. The van der Waals surface area contributed by atoms with Gasteiger partial charge in [-0.3, -0.25) is 0 Å². The Bertz CT molecular complexity index is 176. The first-order valence-corrected chi connectivity index (χ1v) is 5.71. The summed E-state index contributed by atoms with van der Waals surface area (Å²) in [6, 6.07) is 0. The molecule has 1 aliphatic carbocycles. The molecule has 0 aromatic carbocycles. The average Bonchev–Trinajstić information content (AvgIpc) is 2.19. The van der Waals surface area contributed by atoms with Crippen LogP contribution in [-0.4, -0.2) is 30.3 Å². The van der Waals surface area contributed by atoms with Gasteiger partial charge in [-0.1, -0.05) is 19.8 Å². The van der Waals surface area contributed by atoms with Crippen LogP contribution in [0.4, 0.5) is 8.78 Å². The Kier molecular flexibility index (Phi) is 5.47. The molecule has 0 aromatic heterocycles. The van der Waals surface area contributed by atoms with E-state index in [1.54, 1.807) is 0 Å². The SMILES string of the molecule is CCCC1CCC(O)C(OCC(F)F)C1. The third-order valence-electron chi connectivity index (χ3n) is 3.00. The lowest BCUT2D eigenvalue weighted by atomic mass is 9.83. The lowest BCUT2D eigenvalue weighted by Crippen LogP contribution is -2.37. The lowest BCUT2D eigenvalue weighted by molar-refractivity contribution is -0.0995. The zero-order valence-electron chi connectivity index (χ0n) is 9.16. The lowest BCUT2D eigenvalue weighted by Gasteiger charge is -2.33. The van der Waals surface area contributed by atoms with Crippen LogP contribution >= 0.6 is 0 Å². The van der Waals surface area contributed by atoms with E-state index in [0.717, 1.165) is 25.7 Å². The number of hydrogen-bond donors (Lipinski definition) is 1. The molecule has 0 aliphatic heterocycles. The Balaban J connectivity index is 2.32. The minimum absolute atomic E-state index is 0.385. The Labute approximate surface area is 89.6 Å². The Morgan fingerprint density at radius 1 is 1.40 bits per heavy atom. The molecule has 0 heterocycles. The maximum atomic E-state index is 12.0. The van der Waals surface area contributed by atoms with Gasteiger partial charge in [0.05, 0.1) is 12.2 Å². The summed E-state index contributed by atoms with van der Waals surface area (Å²) in [5.41, 5.74) is 0. The van der Waals surface area contributed by atoms with Crippen LogP contribution in [0.2, 0.25) is 0 Å². The molecule has 4 heteroatoms. The number of alkyl halides is 2. The fraction of sp³-hybridized carbons (Fsp3) is 1.00. The molecule has 1 saturated carbocycles. The third kappa shape index (κ3) is 4.43. The van der Waals surface area contributed by atoms with Gasteiger partial charge in [-0.05, 0) is 25.2 Å². The van der Waals surface area contributed by atoms with Crippen LogP contribution in [-0.2, 0) is 4.74 Å². The van der Waals surface area contributed by atoms with Gasteiger partial charge in [0.25, 0.3) is 6.43 Å². The van der Waals surface area contributed by atoms with E-state index in [4.69, 9.17) is 4.74 Å². The van der Waals surface area contributed by atoms with Gasteiger partial charge < -0.3 is 9.84 Å². The van der Waals surface area contributed by atoms with Crippen molar-refractivity contribution in [3.63, 3.8) is 0 Å². The van der Waals surface area contributed by atoms with Crippen molar-refractivity contribution in [2.24, 2.45) is 5.92 Å². The van der Waals surface area contributed by atoms with E-state index in [9.17, 15) is 13.9 Å². The highest BCUT2D eigenvalue weighted by Crippen LogP contribution is 2.30. The summed E-state index contributed by atoms with van der Waals surface area (Å²) in [6.07, 6.45) is 1.21. The first-order valence-electron chi connectivity index (χ1n) is 5.71. The number of aliphatic hydroxyl groups excluding tert-OH is 1. The van der Waals surface area contributed by atoms with Crippen molar-refractivity contribution < 1.29 is 18.6 Å². The van der Waals surface area contributed by atoms with Gasteiger partial charge in [-0.25, -0.2) is 8.78 Å². The molecule has 3 atom stereocenters. The molecule has 0 bridgehead atoms. The monoisotopic (exact) mass is 222 g/mol. The van der Waals surface area contributed by atoms with Gasteiger partial charge in [0, 0.05) is 0 Å². The first kappa shape index (κ1) is 12.8. The fourth-order valence-electron chi connectivity index (χ4n) is 2.24. The Morgan fingerprint density at radius 2 is 2.13 bits per heavy atom. The number of aliphatic hydroxyl groups is 1. The van der Waals surface area contributed by atoms with Crippen molar-refractivity contribution in [2.45, 2.75) is 57.7 Å². The summed E-state index contributed by atoms with van der Waals surface area (Å²) in [5, 5.41) is 9.60. The van der Waals surface area contributed by atoms with Gasteiger partial charge in [-0.15, -0.1) is 0 Å². The molecule has 1 rings (SSSR count). The standard InChI is InChI=1S/C11H20F2O2/c1-2-3-8-4-5-9(14)10(6-8)15-7-11(12)13/h8-11,14H,2-7H2,1H3. The number of halogens is 2. The normalized spacial score (nSPS) is 32.2. The van der Waals surface area contributed by atoms with Crippen LogP contribution in [0.5, 0.6) is 0 Å². The molecule has 1 fully saturated rings. The van der Waals surface area contributed by atoms with E-state index in [1.807, 2.05) is 0 Å². The molecule has 0 aromatic rings. The van der Waals surface area contributed by atoms with E-state index < -0.39 is 19.1 Å². The van der Waals surface area contributed by atoms with E-state index in [2.05, 4.69) is 6.92 Å². The fourth-order valence-corrected chi connectivity index (χ4v) is 2.24. The molecule has 0 amide bonds. The molecule has 0 spiro atoms.